The summed E-state index contributed by atoms with van der Waals surface area (Å²) in [6.07, 6.45) is 6.03. The van der Waals surface area contributed by atoms with Gasteiger partial charge in [0, 0.05) is 51.7 Å². The van der Waals surface area contributed by atoms with Crippen LogP contribution in [0.1, 0.15) is 52.7 Å². The molecule has 7 aromatic rings. The molecule has 0 fully saturated rings. The predicted octanol–water partition coefficient (Wildman–Crippen LogP) is 12.2. The molecule has 0 atom stereocenters. The fourth-order valence-electron chi connectivity index (χ4n) is 6.38. The first-order valence-corrected chi connectivity index (χ1v) is 30.8. The van der Waals surface area contributed by atoms with Gasteiger partial charge in [-0.15, -0.1) is 0 Å². The van der Waals surface area contributed by atoms with Crippen molar-refractivity contribution in [2.45, 2.75) is 52.4 Å². The van der Waals surface area contributed by atoms with Gasteiger partial charge in [0.15, 0.2) is 5.75 Å². The van der Waals surface area contributed by atoms with Crippen molar-refractivity contribution in [3.05, 3.63) is 115 Å². The molecule has 7 rings (SSSR count). The Balaban J connectivity index is 0.00000144. The van der Waals surface area contributed by atoms with Crippen LogP contribution in [0.4, 0.5) is 0 Å². The van der Waals surface area contributed by atoms with Gasteiger partial charge in [-0.1, -0.05) is 65.8 Å². The number of nitrogens with one attached hydrogen (secondary N) is 1. The van der Waals surface area contributed by atoms with Gasteiger partial charge in [-0.2, -0.15) is 0 Å². The molecular weight excluding hydrogens is 818 g/mol. The van der Waals surface area contributed by atoms with Gasteiger partial charge in [0.05, 0.1) is 42.3 Å². The fourth-order valence-corrected chi connectivity index (χ4v) is 6.38. The first kappa shape index (κ1) is 37.0. The molecule has 9 heteroatoms. The van der Waals surface area contributed by atoms with Gasteiger partial charge in [-0.25, -0.2) is 9.97 Å². The number of ether oxygens (including phenoxy) is 2. The normalized spacial score (nSPS) is 11.6. The fraction of sp³-hybridized carbons (Fsp3) is 0.238. The quantitative estimate of drug-likeness (QED) is 0.134. The van der Waals surface area contributed by atoms with Gasteiger partial charge in [0.1, 0.15) is 5.75 Å². The second-order valence-electron chi connectivity index (χ2n) is 14.6. The van der Waals surface area contributed by atoms with E-state index in [4.69, 9.17) is 19.4 Å². The average Bonchev–Trinajstić information content (AvgIpc) is 3.85. The molecule has 0 spiro atoms. The Hall–Kier alpha value is -3.78. The summed E-state index contributed by atoms with van der Waals surface area (Å²) in [6.45, 7) is 13.4. The molecule has 4 heterocycles. The molecule has 0 bridgehead atoms. The molecule has 6 nitrogen and oxygen atoms in total. The van der Waals surface area contributed by atoms with Crippen LogP contribution < -0.4 is 9.47 Å². The van der Waals surface area contributed by atoms with Crippen molar-refractivity contribution >= 4 is 49.1 Å². The number of nitrogens with zero attached hydrogens (tertiary/aromatic N) is 3. The molecule has 0 aliphatic rings. The maximum absolute atomic E-state index is 6.11. The average molecular weight is 860 g/mol. The topological polar surface area (TPSA) is 65.0 Å². The van der Waals surface area contributed by atoms with Crippen molar-refractivity contribution in [3.8, 4) is 51.0 Å². The third-order valence-corrected chi connectivity index (χ3v) is 9.14. The number of fused-ring (bicyclic) bond motifs is 3. The van der Waals surface area contributed by atoms with Crippen LogP contribution in [0.3, 0.4) is 0 Å². The number of benzene rings is 3. The zero-order valence-corrected chi connectivity index (χ0v) is 36.6. The number of halogens is 2. The third-order valence-electron chi connectivity index (χ3n) is 9.14. The summed E-state index contributed by atoms with van der Waals surface area (Å²) in [7, 11) is 3.46. The van der Waals surface area contributed by atoms with E-state index < -0.39 is 0 Å². The van der Waals surface area contributed by atoms with E-state index in [0.717, 1.165) is 72.8 Å². The van der Waals surface area contributed by atoms with Crippen LogP contribution in [0.2, 0.25) is 0 Å². The van der Waals surface area contributed by atoms with E-state index in [1.807, 2.05) is 36.8 Å². The number of aromatic amines is 1. The maximum atomic E-state index is 6.11. The van der Waals surface area contributed by atoms with Crippen molar-refractivity contribution in [2.24, 2.45) is 0 Å². The number of pyridine rings is 2. The summed E-state index contributed by atoms with van der Waals surface area (Å²) >= 11 is 6.25. The summed E-state index contributed by atoms with van der Waals surface area (Å²) < 4.78 is 14.3. The van der Waals surface area contributed by atoms with Gasteiger partial charge >= 0.3 is 40.5 Å². The number of aromatic nitrogens is 4. The van der Waals surface area contributed by atoms with Crippen LogP contribution in [0.25, 0.3) is 61.3 Å². The molecule has 0 radical (unpaired) electrons. The molecule has 3 aromatic carbocycles. The van der Waals surface area contributed by atoms with E-state index in [2.05, 4.69) is 145 Å². The molecule has 0 amide bonds. The summed E-state index contributed by atoms with van der Waals surface area (Å²) in [5.74, 6) is 1.56. The molecule has 4 aromatic heterocycles. The Kier molecular flexibility index (Phi) is 10.9. The van der Waals surface area contributed by atoms with Crippen molar-refractivity contribution in [1.29, 1.82) is 0 Å². The summed E-state index contributed by atoms with van der Waals surface area (Å²) in [4.78, 5) is 14.0. The van der Waals surface area contributed by atoms with E-state index in [1.165, 1.54) is 11.1 Å². The van der Waals surface area contributed by atoms with E-state index in [0.29, 0.717) is 0 Å². The van der Waals surface area contributed by atoms with Crippen LogP contribution in [-0.4, -0.2) is 33.7 Å². The van der Waals surface area contributed by atoms with Crippen LogP contribution in [0, 0.1) is 0 Å². The predicted molar refractivity (Wildman–Crippen MR) is 215 cm³/mol. The summed E-state index contributed by atoms with van der Waals surface area (Å²) in [5.41, 5.74) is 10.5. The van der Waals surface area contributed by atoms with Crippen LogP contribution in [-0.2, 0) is 24.0 Å². The molecule has 0 aliphatic carbocycles. The molecule has 0 unspecified atom stereocenters. The van der Waals surface area contributed by atoms with Crippen LogP contribution in [0.5, 0.6) is 11.5 Å². The first-order valence-electron chi connectivity index (χ1n) is 16.9. The Morgan fingerprint density at radius 3 is 1.57 bits per heavy atom. The standard InChI is InChI=1S/C42H42N4O2.2BrH.Zn/c1-41(2,3)28-22-30(33-12-11-19-43-33)39(47-7)31(23-28)34-17-15-26-13-14-27-16-18-35(45-38(27)37(26)44-34)32-24-29(42(4,5)6)25-36(40(32)48-8)46-20-9-10-21-46;;;/h9-25,43H,1-8H3;2*1H;/q;;;+2/p-2. The van der Waals surface area contributed by atoms with Gasteiger partial charge < -0.3 is 19.0 Å². The van der Waals surface area contributed by atoms with Crippen molar-refractivity contribution in [2.75, 3.05) is 14.2 Å². The van der Waals surface area contributed by atoms with E-state index >= 15 is 0 Å². The molecule has 0 aliphatic heterocycles. The molecule has 1 N–H and O–H groups in total. The van der Waals surface area contributed by atoms with Crippen molar-refractivity contribution in [3.63, 3.8) is 0 Å². The van der Waals surface area contributed by atoms with E-state index in [9.17, 15) is 0 Å². The number of hydrogen-bond acceptors (Lipinski definition) is 4. The van der Waals surface area contributed by atoms with E-state index in [1.54, 1.807) is 14.2 Å². The third kappa shape index (κ3) is 7.58. The SMILES string of the molecule is COc1c(-c2ccc3ccc4ccc(-c5cc(C(C)(C)C)cc(-n6cccc6)c5OC)nc4c3n2)cc(C(C)(C)C)cc1-c1ccc[nH]1.[Br][Zn][Br]. The van der Waals surface area contributed by atoms with Crippen LogP contribution >= 0.6 is 27.2 Å². The zero-order valence-electron chi connectivity index (χ0n) is 30.4. The monoisotopic (exact) mass is 856 g/mol. The Morgan fingerprint density at radius 2 is 1.10 bits per heavy atom. The molecule has 258 valence electrons. The summed E-state index contributed by atoms with van der Waals surface area (Å²) in [6, 6.07) is 29.7. The van der Waals surface area contributed by atoms with Crippen molar-refractivity contribution in [1.82, 2.24) is 19.5 Å². The first-order chi connectivity index (χ1) is 24.4. The Bertz CT molecular complexity index is 2140. The minimum absolute atomic E-state index is 0.0808. The van der Waals surface area contributed by atoms with E-state index in [-0.39, 0.29) is 24.0 Å². The molecule has 0 saturated carbocycles. The molecular formula is C42H42Br2N4O2Zn. The minimum atomic E-state index is -0.250. The van der Waals surface area contributed by atoms with Gasteiger partial charge in [0.25, 0.3) is 0 Å². The second-order valence-corrected chi connectivity index (χ2v) is 28.6. The molecule has 51 heavy (non-hydrogen) atoms. The Morgan fingerprint density at radius 1 is 0.627 bits per heavy atom. The van der Waals surface area contributed by atoms with Gasteiger partial charge in [0.2, 0.25) is 0 Å². The number of rotatable bonds is 6. The summed E-state index contributed by atoms with van der Waals surface area (Å²) in [5, 5.41) is 2.05. The molecule has 0 saturated heterocycles. The number of methoxy groups -OCH3 is 2. The zero-order chi connectivity index (χ0) is 36.5. The van der Waals surface area contributed by atoms with Crippen molar-refractivity contribution < 1.29 is 22.7 Å². The number of hydrogen-bond donors (Lipinski definition) is 1. The number of H-pyrrole nitrogens is 1. The van der Waals surface area contributed by atoms with Crippen LogP contribution in [0.15, 0.2) is 104 Å². The van der Waals surface area contributed by atoms with Gasteiger partial charge in [-0.05, 0) is 82.6 Å². The Labute approximate surface area is 321 Å². The second kappa shape index (κ2) is 15.1. The van der Waals surface area contributed by atoms with Gasteiger partial charge in [-0.3, -0.25) is 0 Å².